The van der Waals surface area contributed by atoms with Crippen molar-refractivity contribution < 1.29 is 4.39 Å². The van der Waals surface area contributed by atoms with Crippen LogP contribution in [0.25, 0.3) is 11.3 Å². The van der Waals surface area contributed by atoms with Crippen LogP contribution < -0.4 is 11.6 Å². The van der Waals surface area contributed by atoms with Crippen LogP contribution in [-0.2, 0) is 0 Å². The van der Waals surface area contributed by atoms with E-state index in [0.29, 0.717) is 5.02 Å². The lowest BCUT2D eigenvalue weighted by atomic mass is 10.1. The Labute approximate surface area is 90.2 Å². The molecule has 1 aromatic heterocycles. The molecule has 1 heterocycles. The minimum absolute atomic E-state index is 0.191. The molecule has 4 nitrogen and oxygen atoms in total. The largest absolute Gasteiger partial charge is 0.382 e. The highest BCUT2D eigenvalue weighted by Crippen LogP contribution is 2.28. The van der Waals surface area contributed by atoms with Gasteiger partial charge in [0.1, 0.15) is 17.8 Å². The third kappa shape index (κ3) is 1.61. The third-order valence-electron chi connectivity index (χ3n) is 2.02. The molecule has 0 amide bonds. The maximum absolute atomic E-state index is 13.4. The summed E-state index contributed by atoms with van der Waals surface area (Å²) in [5.41, 5.74) is 6.15. The SMILES string of the molecule is Nc1c(-c2cc(Cl)ccc2F)ncn1N. The van der Waals surface area contributed by atoms with Crippen molar-refractivity contribution in [2.75, 3.05) is 11.6 Å². The number of benzene rings is 1. The molecule has 0 saturated carbocycles. The first-order valence-corrected chi connectivity index (χ1v) is 4.50. The standard InChI is InChI=1S/C9H8ClFN4/c10-5-1-2-7(11)6(3-5)8-9(12)15(13)4-14-8/h1-4H,12-13H2. The summed E-state index contributed by atoms with van der Waals surface area (Å²) in [6.07, 6.45) is 1.31. The summed E-state index contributed by atoms with van der Waals surface area (Å²) in [5, 5.41) is 0.414. The summed E-state index contributed by atoms with van der Waals surface area (Å²) in [6.45, 7) is 0. The van der Waals surface area contributed by atoms with Crippen LogP contribution >= 0.6 is 11.6 Å². The molecular weight excluding hydrogens is 219 g/mol. The van der Waals surface area contributed by atoms with Gasteiger partial charge in [-0.25, -0.2) is 14.1 Å². The molecule has 0 bridgehead atoms. The van der Waals surface area contributed by atoms with Crippen molar-refractivity contribution in [1.29, 1.82) is 0 Å². The molecule has 0 radical (unpaired) electrons. The summed E-state index contributed by atoms with van der Waals surface area (Å²) in [5.74, 6) is 5.19. The predicted molar refractivity (Wildman–Crippen MR) is 57.2 cm³/mol. The van der Waals surface area contributed by atoms with Gasteiger partial charge < -0.3 is 11.6 Å². The number of nitrogen functional groups attached to an aromatic ring is 2. The summed E-state index contributed by atoms with van der Waals surface area (Å²) < 4.78 is 14.6. The summed E-state index contributed by atoms with van der Waals surface area (Å²) in [7, 11) is 0. The second-order valence-electron chi connectivity index (χ2n) is 3.01. The highest BCUT2D eigenvalue weighted by molar-refractivity contribution is 6.30. The Hall–Kier alpha value is -1.75. The summed E-state index contributed by atoms with van der Waals surface area (Å²) in [6, 6.07) is 4.16. The first kappa shape index (κ1) is 9.79. The highest BCUT2D eigenvalue weighted by Gasteiger charge is 2.13. The number of imidazole rings is 1. The third-order valence-corrected chi connectivity index (χ3v) is 2.25. The molecule has 2 aromatic rings. The quantitative estimate of drug-likeness (QED) is 0.727. The van der Waals surface area contributed by atoms with E-state index in [1.54, 1.807) is 0 Å². The molecule has 0 aliphatic heterocycles. The average Bonchev–Trinajstić information content (AvgIpc) is 2.52. The van der Waals surface area contributed by atoms with Crippen LogP contribution in [0, 0.1) is 5.82 Å². The minimum atomic E-state index is -0.440. The van der Waals surface area contributed by atoms with E-state index in [0.717, 1.165) is 4.68 Å². The zero-order valence-electron chi connectivity index (χ0n) is 7.61. The normalized spacial score (nSPS) is 10.5. The van der Waals surface area contributed by atoms with Crippen molar-refractivity contribution in [3.8, 4) is 11.3 Å². The van der Waals surface area contributed by atoms with E-state index >= 15 is 0 Å². The lowest BCUT2D eigenvalue weighted by molar-refractivity contribution is 0.631. The Bertz CT molecular complexity index is 509. The van der Waals surface area contributed by atoms with Gasteiger partial charge in [0.2, 0.25) is 0 Å². The number of halogens is 2. The Morgan fingerprint density at radius 2 is 2.13 bits per heavy atom. The molecule has 78 valence electrons. The molecule has 4 N–H and O–H groups in total. The number of nitrogens with zero attached hydrogens (tertiary/aromatic N) is 2. The highest BCUT2D eigenvalue weighted by atomic mass is 35.5. The van der Waals surface area contributed by atoms with E-state index in [1.807, 2.05) is 0 Å². The average molecular weight is 227 g/mol. The van der Waals surface area contributed by atoms with Gasteiger partial charge in [0.05, 0.1) is 0 Å². The first-order chi connectivity index (χ1) is 7.09. The molecule has 0 fully saturated rings. The smallest absolute Gasteiger partial charge is 0.150 e. The van der Waals surface area contributed by atoms with E-state index in [1.165, 1.54) is 24.5 Å². The van der Waals surface area contributed by atoms with Crippen molar-refractivity contribution in [2.24, 2.45) is 0 Å². The van der Waals surface area contributed by atoms with Crippen LogP contribution in [0.4, 0.5) is 10.2 Å². The predicted octanol–water partition coefficient (Wildman–Crippen LogP) is 1.64. The van der Waals surface area contributed by atoms with Crippen molar-refractivity contribution in [3.05, 3.63) is 35.4 Å². The van der Waals surface area contributed by atoms with Crippen LogP contribution in [0.1, 0.15) is 0 Å². The van der Waals surface area contributed by atoms with Crippen LogP contribution in [-0.4, -0.2) is 9.66 Å². The van der Waals surface area contributed by atoms with Crippen molar-refractivity contribution >= 4 is 17.4 Å². The van der Waals surface area contributed by atoms with E-state index < -0.39 is 5.82 Å². The number of hydrogen-bond donors (Lipinski definition) is 2. The van der Waals surface area contributed by atoms with Gasteiger partial charge in [-0.1, -0.05) is 11.6 Å². The topological polar surface area (TPSA) is 69.9 Å². The van der Waals surface area contributed by atoms with Gasteiger partial charge in [-0.3, -0.25) is 0 Å². The second-order valence-corrected chi connectivity index (χ2v) is 3.45. The lowest BCUT2D eigenvalue weighted by Crippen LogP contribution is -2.10. The lowest BCUT2D eigenvalue weighted by Gasteiger charge is -2.02. The van der Waals surface area contributed by atoms with Gasteiger partial charge in [0.15, 0.2) is 5.82 Å². The Kier molecular flexibility index (Phi) is 2.24. The van der Waals surface area contributed by atoms with Crippen LogP contribution in [0.3, 0.4) is 0 Å². The summed E-state index contributed by atoms with van der Waals surface area (Å²) >= 11 is 5.75. The Balaban J connectivity index is 2.63. The minimum Gasteiger partial charge on any atom is -0.382 e. The van der Waals surface area contributed by atoms with E-state index in [2.05, 4.69) is 4.98 Å². The van der Waals surface area contributed by atoms with Crippen LogP contribution in [0.2, 0.25) is 5.02 Å². The molecule has 0 unspecified atom stereocenters. The molecule has 1 aromatic carbocycles. The molecule has 2 rings (SSSR count). The molecule has 15 heavy (non-hydrogen) atoms. The number of rotatable bonds is 1. The Morgan fingerprint density at radius 3 is 2.73 bits per heavy atom. The van der Waals surface area contributed by atoms with Crippen molar-refractivity contribution in [1.82, 2.24) is 9.66 Å². The fourth-order valence-corrected chi connectivity index (χ4v) is 1.43. The second kappa shape index (κ2) is 3.43. The molecule has 6 heteroatoms. The number of nitrogens with two attached hydrogens (primary N) is 2. The van der Waals surface area contributed by atoms with Gasteiger partial charge in [0.25, 0.3) is 0 Å². The number of hydrogen-bond acceptors (Lipinski definition) is 3. The van der Waals surface area contributed by atoms with Crippen molar-refractivity contribution in [2.45, 2.75) is 0 Å². The van der Waals surface area contributed by atoms with E-state index in [4.69, 9.17) is 23.2 Å². The van der Waals surface area contributed by atoms with Gasteiger partial charge in [-0.15, -0.1) is 0 Å². The van der Waals surface area contributed by atoms with Crippen LogP contribution in [0.15, 0.2) is 24.5 Å². The number of anilines is 1. The fourth-order valence-electron chi connectivity index (χ4n) is 1.26. The Morgan fingerprint density at radius 1 is 1.40 bits per heavy atom. The fraction of sp³-hybridized carbons (Fsp3) is 0. The summed E-state index contributed by atoms with van der Waals surface area (Å²) in [4.78, 5) is 3.90. The van der Waals surface area contributed by atoms with Gasteiger partial charge in [-0.05, 0) is 18.2 Å². The van der Waals surface area contributed by atoms with Gasteiger partial charge in [-0.2, -0.15) is 0 Å². The molecule has 0 atom stereocenters. The van der Waals surface area contributed by atoms with E-state index in [-0.39, 0.29) is 17.1 Å². The van der Waals surface area contributed by atoms with Crippen molar-refractivity contribution in [3.63, 3.8) is 0 Å². The molecule has 0 spiro atoms. The molecular formula is C9H8ClFN4. The first-order valence-electron chi connectivity index (χ1n) is 4.13. The van der Waals surface area contributed by atoms with Gasteiger partial charge >= 0.3 is 0 Å². The zero-order valence-corrected chi connectivity index (χ0v) is 8.37. The molecule has 0 aliphatic rings. The van der Waals surface area contributed by atoms with E-state index in [9.17, 15) is 4.39 Å². The maximum atomic E-state index is 13.4. The monoisotopic (exact) mass is 226 g/mol. The maximum Gasteiger partial charge on any atom is 0.150 e. The zero-order chi connectivity index (χ0) is 11.0. The number of aromatic nitrogens is 2. The van der Waals surface area contributed by atoms with Crippen LogP contribution in [0.5, 0.6) is 0 Å². The molecule has 0 saturated heterocycles. The molecule has 0 aliphatic carbocycles. The van der Waals surface area contributed by atoms with Gasteiger partial charge in [0, 0.05) is 10.6 Å².